The van der Waals surface area contributed by atoms with Crippen molar-refractivity contribution in [2.45, 2.75) is 37.7 Å². The van der Waals surface area contributed by atoms with E-state index in [0.717, 1.165) is 6.54 Å². The lowest BCUT2D eigenvalue weighted by Crippen LogP contribution is -2.23. The second kappa shape index (κ2) is 3.86. The molecule has 1 fully saturated rings. The number of nitrogens with two attached hydrogens (primary N) is 1. The molecule has 2 heteroatoms. The maximum absolute atomic E-state index is 5.86. The van der Waals surface area contributed by atoms with Crippen LogP contribution < -0.4 is 5.73 Å². The van der Waals surface area contributed by atoms with Gasteiger partial charge < -0.3 is 10.5 Å². The van der Waals surface area contributed by atoms with Crippen molar-refractivity contribution in [2.75, 3.05) is 13.7 Å². The highest BCUT2D eigenvalue weighted by atomic mass is 16.5. The van der Waals surface area contributed by atoms with Crippen molar-refractivity contribution in [3.8, 4) is 0 Å². The molecule has 0 heterocycles. The zero-order valence-electron chi connectivity index (χ0n) is 10.4. The van der Waals surface area contributed by atoms with E-state index in [2.05, 4.69) is 38.1 Å². The zero-order chi connectivity index (χ0) is 11.8. The Bertz CT molecular complexity index is 359. The summed E-state index contributed by atoms with van der Waals surface area (Å²) in [4.78, 5) is 0. The van der Waals surface area contributed by atoms with Gasteiger partial charge in [0.15, 0.2) is 0 Å². The van der Waals surface area contributed by atoms with E-state index in [9.17, 15) is 0 Å². The van der Waals surface area contributed by atoms with Gasteiger partial charge in [-0.05, 0) is 37.8 Å². The third kappa shape index (κ3) is 1.87. The molecule has 0 aromatic heterocycles. The average Bonchev–Trinajstić information content (AvgIpc) is 3.10. The molecule has 88 valence electrons. The molecule has 0 spiro atoms. The van der Waals surface area contributed by atoms with Crippen LogP contribution in [0.2, 0.25) is 0 Å². The summed E-state index contributed by atoms with van der Waals surface area (Å²) >= 11 is 0. The van der Waals surface area contributed by atoms with Crippen LogP contribution in [0.25, 0.3) is 0 Å². The molecular weight excluding hydrogens is 198 g/mol. The molecule has 0 unspecified atom stereocenters. The molecule has 0 bridgehead atoms. The Morgan fingerprint density at radius 2 is 2.06 bits per heavy atom. The molecule has 0 saturated heterocycles. The summed E-state index contributed by atoms with van der Waals surface area (Å²) in [6.07, 6.45) is 2.45. The predicted molar refractivity (Wildman–Crippen MR) is 66.4 cm³/mol. The van der Waals surface area contributed by atoms with E-state index < -0.39 is 0 Å². The van der Waals surface area contributed by atoms with Crippen LogP contribution in [0.15, 0.2) is 24.3 Å². The third-order valence-electron chi connectivity index (χ3n) is 3.92. The van der Waals surface area contributed by atoms with Crippen molar-refractivity contribution < 1.29 is 4.74 Å². The summed E-state index contributed by atoms with van der Waals surface area (Å²) in [7, 11) is 1.75. The van der Waals surface area contributed by atoms with Crippen LogP contribution in [0.3, 0.4) is 0 Å². The van der Waals surface area contributed by atoms with Gasteiger partial charge in [0, 0.05) is 19.1 Å². The van der Waals surface area contributed by atoms with Gasteiger partial charge >= 0.3 is 0 Å². The SMILES string of the molecule is COC(C)(C)c1cccc(C2(CN)CC2)c1. The first-order valence-electron chi connectivity index (χ1n) is 5.90. The van der Waals surface area contributed by atoms with Crippen molar-refractivity contribution in [3.63, 3.8) is 0 Å². The van der Waals surface area contributed by atoms with Crippen LogP contribution in [-0.2, 0) is 15.8 Å². The van der Waals surface area contributed by atoms with Crippen LogP contribution in [0.1, 0.15) is 37.8 Å². The van der Waals surface area contributed by atoms with E-state index >= 15 is 0 Å². The summed E-state index contributed by atoms with van der Waals surface area (Å²) in [5.74, 6) is 0. The Morgan fingerprint density at radius 1 is 1.38 bits per heavy atom. The molecule has 2 rings (SSSR count). The van der Waals surface area contributed by atoms with Crippen molar-refractivity contribution in [1.82, 2.24) is 0 Å². The number of rotatable bonds is 4. The first-order valence-corrected chi connectivity index (χ1v) is 5.90. The van der Waals surface area contributed by atoms with Crippen LogP contribution in [0, 0.1) is 0 Å². The molecule has 2 nitrogen and oxygen atoms in total. The van der Waals surface area contributed by atoms with Gasteiger partial charge in [0.1, 0.15) is 0 Å². The van der Waals surface area contributed by atoms with Crippen LogP contribution in [-0.4, -0.2) is 13.7 Å². The number of hydrogen-bond donors (Lipinski definition) is 1. The first kappa shape index (κ1) is 11.6. The molecule has 2 N–H and O–H groups in total. The van der Waals surface area contributed by atoms with E-state index in [1.807, 2.05) is 0 Å². The largest absolute Gasteiger partial charge is 0.374 e. The highest BCUT2D eigenvalue weighted by Gasteiger charge is 2.43. The second-order valence-corrected chi connectivity index (χ2v) is 5.28. The molecule has 1 aromatic carbocycles. The Kier molecular flexibility index (Phi) is 2.81. The van der Waals surface area contributed by atoms with Gasteiger partial charge in [-0.25, -0.2) is 0 Å². The average molecular weight is 219 g/mol. The minimum atomic E-state index is -0.222. The normalized spacial score (nSPS) is 18.5. The summed E-state index contributed by atoms with van der Waals surface area (Å²) in [6, 6.07) is 8.68. The molecule has 1 aromatic rings. The Labute approximate surface area is 97.8 Å². The number of methoxy groups -OCH3 is 1. The summed E-state index contributed by atoms with van der Waals surface area (Å²) < 4.78 is 5.51. The molecule has 0 aliphatic heterocycles. The Balaban J connectivity index is 2.34. The monoisotopic (exact) mass is 219 g/mol. The molecule has 1 aliphatic rings. The highest BCUT2D eigenvalue weighted by Crippen LogP contribution is 2.47. The fraction of sp³-hybridized carbons (Fsp3) is 0.571. The van der Waals surface area contributed by atoms with Gasteiger partial charge in [-0.3, -0.25) is 0 Å². The van der Waals surface area contributed by atoms with Crippen LogP contribution in [0.4, 0.5) is 0 Å². The van der Waals surface area contributed by atoms with Gasteiger partial charge in [0.25, 0.3) is 0 Å². The fourth-order valence-electron chi connectivity index (χ4n) is 2.10. The van der Waals surface area contributed by atoms with Gasteiger partial charge in [0.05, 0.1) is 5.60 Å². The van der Waals surface area contributed by atoms with Gasteiger partial charge in [-0.2, -0.15) is 0 Å². The maximum Gasteiger partial charge on any atom is 0.0871 e. The van der Waals surface area contributed by atoms with Crippen molar-refractivity contribution in [3.05, 3.63) is 35.4 Å². The Hall–Kier alpha value is -0.860. The molecule has 0 atom stereocenters. The quantitative estimate of drug-likeness (QED) is 0.844. The summed E-state index contributed by atoms with van der Waals surface area (Å²) in [5.41, 5.74) is 8.51. The third-order valence-corrected chi connectivity index (χ3v) is 3.92. The number of hydrogen-bond acceptors (Lipinski definition) is 2. The maximum atomic E-state index is 5.86. The van der Waals surface area contributed by atoms with Crippen molar-refractivity contribution >= 4 is 0 Å². The van der Waals surface area contributed by atoms with Gasteiger partial charge in [-0.1, -0.05) is 24.3 Å². The lowest BCUT2D eigenvalue weighted by molar-refractivity contribution is 0.0191. The van der Waals surface area contributed by atoms with E-state index in [1.54, 1.807) is 7.11 Å². The number of benzene rings is 1. The minimum Gasteiger partial charge on any atom is -0.374 e. The van der Waals surface area contributed by atoms with Crippen molar-refractivity contribution in [2.24, 2.45) is 5.73 Å². The topological polar surface area (TPSA) is 35.2 Å². The summed E-state index contributed by atoms with van der Waals surface area (Å²) in [5, 5.41) is 0. The second-order valence-electron chi connectivity index (χ2n) is 5.28. The first-order chi connectivity index (χ1) is 7.54. The standard InChI is InChI=1S/C14H21NO/c1-13(2,16-3)11-5-4-6-12(9-11)14(10-15)7-8-14/h4-6,9H,7-8,10,15H2,1-3H3. The van der Waals surface area contributed by atoms with E-state index in [-0.39, 0.29) is 11.0 Å². The lowest BCUT2D eigenvalue weighted by atomic mass is 9.90. The molecule has 1 saturated carbocycles. The van der Waals surface area contributed by atoms with Crippen molar-refractivity contribution in [1.29, 1.82) is 0 Å². The molecular formula is C14H21NO. The minimum absolute atomic E-state index is 0.222. The molecule has 1 aliphatic carbocycles. The Morgan fingerprint density at radius 3 is 2.56 bits per heavy atom. The van der Waals surface area contributed by atoms with E-state index in [0.29, 0.717) is 0 Å². The van der Waals surface area contributed by atoms with Crippen LogP contribution >= 0.6 is 0 Å². The smallest absolute Gasteiger partial charge is 0.0871 e. The summed E-state index contributed by atoms with van der Waals surface area (Å²) in [6.45, 7) is 4.94. The van der Waals surface area contributed by atoms with E-state index in [4.69, 9.17) is 10.5 Å². The van der Waals surface area contributed by atoms with Crippen LogP contribution in [0.5, 0.6) is 0 Å². The molecule has 0 radical (unpaired) electrons. The fourth-order valence-corrected chi connectivity index (χ4v) is 2.10. The lowest BCUT2D eigenvalue weighted by Gasteiger charge is -2.25. The highest BCUT2D eigenvalue weighted by molar-refractivity contribution is 5.37. The molecule has 0 amide bonds. The number of ether oxygens (including phenoxy) is 1. The predicted octanol–water partition coefficient (Wildman–Crippen LogP) is 2.56. The molecule has 16 heavy (non-hydrogen) atoms. The zero-order valence-corrected chi connectivity index (χ0v) is 10.4. The van der Waals surface area contributed by atoms with Gasteiger partial charge in [0.2, 0.25) is 0 Å². The van der Waals surface area contributed by atoms with E-state index in [1.165, 1.54) is 24.0 Å². The van der Waals surface area contributed by atoms with Gasteiger partial charge in [-0.15, -0.1) is 0 Å².